The number of nitrogens with zero attached hydrogens (tertiary/aromatic N) is 3. The smallest absolute Gasteiger partial charge is 0.225 e. The fourth-order valence-electron chi connectivity index (χ4n) is 3.53. The SMILES string of the molecule is c1ccc(COc2cccc(CNC3CCCN(c4ncccn4)C3)c2)cc1. The molecular formula is C23H26N4O. The molecule has 0 spiro atoms. The zero-order valence-electron chi connectivity index (χ0n) is 16.0. The van der Waals surface area contributed by atoms with Crippen molar-refractivity contribution in [3.05, 3.63) is 84.2 Å². The standard InChI is InChI=1S/C23H26N4O/c1-2-7-19(8-3-1)18-28-22-11-4-9-20(15-22)16-26-21-10-5-14-27(17-21)23-24-12-6-13-25-23/h1-4,6-9,11-13,15,21,26H,5,10,14,16-18H2. The van der Waals surface area contributed by atoms with Crippen LogP contribution in [0.3, 0.4) is 0 Å². The molecule has 1 fully saturated rings. The molecule has 28 heavy (non-hydrogen) atoms. The van der Waals surface area contributed by atoms with Gasteiger partial charge in [-0.15, -0.1) is 0 Å². The number of ether oxygens (including phenoxy) is 1. The first-order valence-corrected chi connectivity index (χ1v) is 9.88. The first kappa shape index (κ1) is 18.4. The summed E-state index contributed by atoms with van der Waals surface area (Å²) < 4.78 is 5.95. The number of anilines is 1. The van der Waals surface area contributed by atoms with E-state index in [1.165, 1.54) is 17.5 Å². The Balaban J connectivity index is 1.29. The van der Waals surface area contributed by atoms with Crippen LogP contribution >= 0.6 is 0 Å². The monoisotopic (exact) mass is 374 g/mol. The minimum absolute atomic E-state index is 0.437. The van der Waals surface area contributed by atoms with E-state index in [0.717, 1.165) is 37.8 Å². The van der Waals surface area contributed by atoms with Gasteiger partial charge in [0.2, 0.25) is 5.95 Å². The number of hydrogen-bond donors (Lipinski definition) is 1. The van der Waals surface area contributed by atoms with Gasteiger partial charge < -0.3 is 15.0 Å². The molecule has 1 saturated heterocycles. The number of aromatic nitrogens is 2. The normalized spacial score (nSPS) is 16.7. The quantitative estimate of drug-likeness (QED) is 0.681. The summed E-state index contributed by atoms with van der Waals surface area (Å²) in [6.07, 6.45) is 5.93. The van der Waals surface area contributed by atoms with Gasteiger partial charge in [-0.2, -0.15) is 0 Å². The van der Waals surface area contributed by atoms with Crippen LogP contribution < -0.4 is 15.0 Å². The molecule has 2 aromatic carbocycles. The second-order valence-corrected chi connectivity index (χ2v) is 7.14. The highest BCUT2D eigenvalue weighted by Crippen LogP contribution is 2.18. The van der Waals surface area contributed by atoms with E-state index in [0.29, 0.717) is 12.6 Å². The molecule has 0 bridgehead atoms. The summed E-state index contributed by atoms with van der Waals surface area (Å²) in [5.41, 5.74) is 2.41. The van der Waals surface area contributed by atoms with Crippen LogP contribution in [0, 0.1) is 0 Å². The maximum Gasteiger partial charge on any atom is 0.225 e. The largest absolute Gasteiger partial charge is 0.489 e. The Kier molecular flexibility index (Phi) is 6.15. The van der Waals surface area contributed by atoms with Crippen LogP contribution in [0.4, 0.5) is 5.95 Å². The third-order valence-corrected chi connectivity index (χ3v) is 5.00. The Bertz CT molecular complexity index is 857. The predicted octanol–water partition coefficient (Wildman–Crippen LogP) is 3.81. The molecule has 0 aliphatic carbocycles. The maximum atomic E-state index is 5.95. The molecule has 0 radical (unpaired) electrons. The van der Waals surface area contributed by atoms with Crippen LogP contribution in [-0.2, 0) is 13.2 Å². The van der Waals surface area contributed by atoms with Crippen molar-refractivity contribution in [1.82, 2.24) is 15.3 Å². The van der Waals surface area contributed by atoms with E-state index >= 15 is 0 Å². The molecule has 1 aliphatic rings. The second kappa shape index (κ2) is 9.33. The molecule has 1 aliphatic heterocycles. The van der Waals surface area contributed by atoms with E-state index < -0.39 is 0 Å². The Labute approximate surface area is 166 Å². The van der Waals surface area contributed by atoms with Gasteiger partial charge in [-0.25, -0.2) is 9.97 Å². The van der Waals surface area contributed by atoms with Crippen molar-refractivity contribution in [2.45, 2.75) is 32.0 Å². The topological polar surface area (TPSA) is 50.3 Å². The third kappa shape index (κ3) is 5.08. The minimum atomic E-state index is 0.437. The number of benzene rings is 2. The van der Waals surface area contributed by atoms with Gasteiger partial charge in [0, 0.05) is 38.1 Å². The van der Waals surface area contributed by atoms with Crippen LogP contribution in [0.1, 0.15) is 24.0 Å². The summed E-state index contributed by atoms with van der Waals surface area (Å²) in [6, 6.07) is 20.9. The maximum absolute atomic E-state index is 5.95. The van der Waals surface area contributed by atoms with Crippen LogP contribution in [0.2, 0.25) is 0 Å². The summed E-state index contributed by atoms with van der Waals surface area (Å²) >= 11 is 0. The zero-order valence-corrected chi connectivity index (χ0v) is 16.0. The summed E-state index contributed by atoms with van der Waals surface area (Å²) in [5, 5.41) is 3.69. The van der Waals surface area contributed by atoms with Crippen molar-refractivity contribution < 1.29 is 4.74 Å². The number of piperidine rings is 1. The van der Waals surface area contributed by atoms with E-state index in [1.807, 2.05) is 30.3 Å². The van der Waals surface area contributed by atoms with Crippen molar-refractivity contribution in [2.75, 3.05) is 18.0 Å². The van der Waals surface area contributed by atoms with Crippen molar-refractivity contribution in [3.8, 4) is 5.75 Å². The minimum Gasteiger partial charge on any atom is -0.489 e. The lowest BCUT2D eigenvalue weighted by molar-refractivity contribution is 0.305. The lowest BCUT2D eigenvalue weighted by atomic mass is 10.1. The van der Waals surface area contributed by atoms with Gasteiger partial charge >= 0.3 is 0 Å². The molecular weight excluding hydrogens is 348 g/mol. The number of rotatable bonds is 7. The summed E-state index contributed by atoms with van der Waals surface area (Å²) in [7, 11) is 0. The van der Waals surface area contributed by atoms with Gasteiger partial charge in [0.15, 0.2) is 0 Å². The van der Waals surface area contributed by atoms with Gasteiger partial charge in [0.25, 0.3) is 0 Å². The van der Waals surface area contributed by atoms with Crippen molar-refractivity contribution in [2.24, 2.45) is 0 Å². The molecule has 0 saturated carbocycles. The molecule has 0 amide bonds. The molecule has 144 valence electrons. The van der Waals surface area contributed by atoms with Gasteiger partial charge in [-0.3, -0.25) is 0 Å². The molecule has 1 aromatic heterocycles. The molecule has 1 atom stereocenters. The van der Waals surface area contributed by atoms with Gasteiger partial charge in [-0.1, -0.05) is 42.5 Å². The first-order valence-electron chi connectivity index (χ1n) is 9.88. The molecule has 1 unspecified atom stereocenters. The predicted molar refractivity (Wildman–Crippen MR) is 111 cm³/mol. The van der Waals surface area contributed by atoms with Gasteiger partial charge in [0.05, 0.1) is 0 Å². The highest BCUT2D eigenvalue weighted by molar-refractivity contribution is 5.31. The summed E-state index contributed by atoms with van der Waals surface area (Å²) in [6.45, 7) is 3.38. The van der Waals surface area contributed by atoms with Crippen LogP contribution in [0.25, 0.3) is 0 Å². The Morgan fingerprint density at radius 3 is 2.64 bits per heavy atom. The summed E-state index contributed by atoms with van der Waals surface area (Å²) in [5.74, 6) is 1.73. The molecule has 5 heteroatoms. The molecule has 1 N–H and O–H groups in total. The lowest BCUT2D eigenvalue weighted by Gasteiger charge is -2.33. The van der Waals surface area contributed by atoms with Crippen LogP contribution in [-0.4, -0.2) is 29.1 Å². The van der Waals surface area contributed by atoms with E-state index in [1.54, 1.807) is 12.4 Å². The average molecular weight is 374 g/mol. The van der Waals surface area contributed by atoms with Crippen molar-refractivity contribution >= 4 is 5.95 Å². The van der Waals surface area contributed by atoms with Gasteiger partial charge in [0.1, 0.15) is 12.4 Å². The van der Waals surface area contributed by atoms with Crippen molar-refractivity contribution in [3.63, 3.8) is 0 Å². The van der Waals surface area contributed by atoms with E-state index in [2.05, 4.69) is 50.5 Å². The van der Waals surface area contributed by atoms with Gasteiger partial charge in [-0.05, 0) is 42.2 Å². The Hall–Kier alpha value is -2.92. The number of nitrogens with one attached hydrogen (secondary N) is 1. The second-order valence-electron chi connectivity index (χ2n) is 7.14. The third-order valence-electron chi connectivity index (χ3n) is 5.00. The Morgan fingerprint density at radius 1 is 0.964 bits per heavy atom. The molecule has 3 aromatic rings. The number of hydrogen-bond acceptors (Lipinski definition) is 5. The first-order chi connectivity index (χ1) is 13.9. The average Bonchev–Trinajstić information content (AvgIpc) is 2.78. The highest BCUT2D eigenvalue weighted by Gasteiger charge is 2.21. The Morgan fingerprint density at radius 2 is 1.79 bits per heavy atom. The lowest BCUT2D eigenvalue weighted by Crippen LogP contribution is -2.46. The highest BCUT2D eigenvalue weighted by atomic mass is 16.5. The van der Waals surface area contributed by atoms with E-state index in [4.69, 9.17) is 4.74 Å². The van der Waals surface area contributed by atoms with E-state index in [-0.39, 0.29) is 0 Å². The molecule has 4 rings (SSSR count). The summed E-state index contributed by atoms with van der Waals surface area (Å²) in [4.78, 5) is 11.0. The van der Waals surface area contributed by atoms with Crippen LogP contribution in [0.15, 0.2) is 73.1 Å². The molecule has 5 nitrogen and oxygen atoms in total. The fraction of sp³-hybridized carbons (Fsp3) is 0.304. The fourth-order valence-corrected chi connectivity index (χ4v) is 3.53. The van der Waals surface area contributed by atoms with Crippen LogP contribution in [0.5, 0.6) is 5.75 Å². The van der Waals surface area contributed by atoms with E-state index in [9.17, 15) is 0 Å². The molecule has 2 heterocycles. The van der Waals surface area contributed by atoms with Crippen molar-refractivity contribution in [1.29, 1.82) is 0 Å². The zero-order chi connectivity index (χ0) is 19.0.